The zero-order valence-electron chi connectivity index (χ0n) is 12.8. The first kappa shape index (κ1) is 16.3. The van der Waals surface area contributed by atoms with Crippen molar-refractivity contribution in [1.29, 1.82) is 0 Å². The van der Waals surface area contributed by atoms with Gasteiger partial charge in [0.25, 0.3) is 5.91 Å². The van der Waals surface area contributed by atoms with Gasteiger partial charge in [-0.1, -0.05) is 6.07 Å². The summed E-state index contributed by atoms with van der Waals surface area (Å²) < 4.78 is 6.43. The van der Waals surface area contributed by atoms with E-state index in [9.17, 15) is 4.79 Å². The molecule has 0 saturated heterocycles. The van der Waals surface area contributed by atoms with Crippen LogP contribution in [0.5, 0.6) is 5.75 Å². The van der Waals surface area contributed by atoms with Gasteiger partial charge in [-0.25, -0.2) is 0 Å². The first-order chi connectivity index (χ1) is 9.83. The fourth-order valence-electron chi connectivity index (χ4n) is 1.92. The van der Waals surface area contributed by atoms with Gasteiger partial charge in [0.15, 0.2) is 6.61 Å². The van der Waals surface area contributed by atoms with E-state index >= 15 is 0 Å². The first-order valence-corrected chi connectivity index (χ1v) is 8.08. The molecule has 1 saturated carbocycles. The third-order valence-electron chi connectivity index (χ3n) is 3.04. The van der Waals surface area contributed by atoms with E-state index in [1.807, 2.05) is 39.0 Å². The molecule has 1 aliphatic rings. The molecule has 0 atom stereocenters. The molecule has 0 spiro atoms. The largest absolute Gasteiger partial charge is 0.483 e. The molecule has 0 heterocycles. The molecule has 116 valence electrons. The minimum absolute atomic E-state index is 0.0234. The number of hydrogen-bond donors (Lipinski definition) is 2. The maximum Gasteiger partial charge on any atom is 0.258 e. The van der Waals surface area contributed by atoms with Gasteiger partial charge >= 0.3 is 0 Å². The summed E-state index contributed by atoms with van der Waals surface area (Å²) in [6.45, 7) is 6.73. The summed E-state index contributed by atoms with van der Waals surface area (Å²) in [5, 5.41) is 6.34. The molecule has 0 unspecified atom stereocenters. The maximum absolute atomic E-state index is 11.7. The van der Waals surface area contributed by atoms with Crippen LogP contribution in [0, 0.1) is 0 Å². The normalized spacial score (nSPS) is 14.9. The van der Waals surface area contributed by atoms with E-state index in [1.165, 1.54) is 18.4 Å². The number of halogens is 1. The predicted octanol–water partition coefficient (Wildman–Crippen LogP) is 2.99. The second kappa shape index (κ2) is 6.79. The zero-order valence-corrected chi connectivity index (χ0v) is 14.4. The van der Waals surface area contributed by atoms with Crippen LogP contribution in [0.2, 0.25) is 0 Å². The van der Waals surface area contributed by atoms with Crippen molar-refractivity contribution in [2.24, 2.45) is 0 Å². The summed E-state index contributed by atoms with van der Waals surface area (Å²) in [6, 6.07) is 6.66. The minimum Gasteiger partial charge on any atom is -0.483 e. The van der Waals surface area contributed by atoms with Gasteiger partial charge in [-0.05, 0) is 67.2 Å². The second-order valence-corrected chi connectivity index (χ2v) is 7.36. The van der Waals surface area contributed by atoms with Crippen LogP contribution >= 0.6 is 15.9 Å². The van der Waals surface area contributed by atoms with Crippen molar-refractivity contribution in [2.45, 2.75) is 51.7 Å². The molecule has 1 fully saturated rings. The molecule has 2 N–H and O–H groups in total. The van der Waals surface area contributed by atoms with Crippen LogP contribution < -0.4 is 15.4 Å². The van der Waals surface area contributed by atoms with Crippen LogP contribution in [0.25, 0.3) is 0 Å². The van der Waals surface area contributed by atoms with Crippen molar-refractivity contribution in [2.75, 3.05) is 6.61 Å². The van der Waals surface area contributed by atoms with Gasteiger partial charge in [-0.2, -0.15) is 0 Å². The number of rotatable bonds is 6. The summed E-state index contributed by atoms with van der Waals surface area (Å²) in [7, 11) is 0. The summed E-state index contributed by atoms with van der Waals surface area (Å²) >= 11 is 3.50. The van der Waals surface area contributed by atoms with Crippen LogP contribution in [0.1, 0.15) is 39.2 Å². The van der Waals surface area contributed by atoms with Crippen LogP contribution in [0.4, 0.5) is 0 Å². The van der Waals surface area contributed by atoms with Crippen molar-refractivity contribution in [3.8, 4) is 5.75 Å². The van der Waals surface area contributed by atoms with Gasteiger partial charge in [-0.15, -0.1) is 0 Å². The summed E-state index contributed by atoms with van der Waals surface area (Å²) in [6.07, 6.45) is 2.57. The van der Waals surface area contributed by atoms with Crippen molar-refractivity contribution in [1.82, 2.24) is 10.6 Å². The Labute approximate surface area is 134 Å². The first-order valence-electron chi connectivity index (χ1n) is 7.29. The van der Waals surface area contributed by atoms with E-state index in [4.69, 9.17) is 4.74 Å². The average Bonchev–Trinajstić information content (AvgIpc) is 3.17. The van der Waals surface area contributed by atoms with E-state index in [2.05, 4.69) is 26.6 Å². The van der Waals surface area contributed by atoms with E-state index < -0.39 is 0 Å². The molecule has 1 aromatic carbocycles. The van der Waals surface area contributed by atoms with E-state index in [0.29, 0.717) is 11.8 Å². The molecule has 1 amide bonds. The highest BCUT2D eigenvalue weighted by Crippen LogP contribution is 2.26. The number of ether oxygens (including phenoxy) is 1. The Morgan fingerprint density at radius 1 is 1.38 bits per heavy atom. The molecule has 2 rings (SSSR count). The van der Waals surface area contributed by atoms with Gasteiger partial charge in [0.1, 0.15) is 5.75 Å². The van der Waals surface area contributed by atoms with Gasteiger partial charge in [0.05, 0.1) is 4.47 Å². The lowest BCUT2D eigenvalue weighted by molar-refractivity contribution is -0.124. The molecule has 1 aliphatic carbocycles. The lowest BCUT2D eigenvalue weighted by atomic mass is 10.1. The standard InChI is InChI=1S/C16H23BrN2O2/c1-16(2,3)19-15(20)10-21-14-7-4-11(8-13(14)17)9-18-12-5-6-12/h4,7-8,12,18H,5-6,9-10H2,1-3H3,(H,19,20). The quantitative estimate of drug-likeness (QED) is 0.825. The van der Waals surface area contributed by atoms with Crippen molar-refractivity contribution >= 4 is 21.8 Å². The highest BCUT2D eigenvalue weighted by atomic mass is 79.9. The van der Waals surface area contributed by atoms with Crippen LogP contribution in [0.3, 0.4) is 0 Å². The average molecular weight is 355 g/mol. The highest BCUT2D eigenvalue weighted by molar-refractivity contribution is 9.10. The third-order valence-corrected chi connectivity index (χ3v) is 3.66. The predicted molar refractivity (Wildman–Crippen MR) is 87.4 cm³/mol. The Morgan fingerprint density at radius 2 is 2.10 bits per heavy atom. The number of nitrogens with one attached hydrogen (secondary N) is 2. The van der Waals surface area contributed by atoms with Gasteiger partial charge in [0.2, 0.25) is 0 Å². The van der Waals surface area contributed by atoms with Gasteiger partial charge in [0, 0.05) is 18.1 Å². The fourth-order valence-corrected chi connectivity index (χ4v) is 2.46. The van der Waals surface area contributed by atoms with Crippen LogP contribution in [0.15, 0.2) is 22.7 Å². The van der Waals surface area contributed by atoms with E-state index in [0.717, 1.165) is 11.0 Å². The number of carbonyl (C=O) groups is 1. The molecule has 0 aromatic heterocycles. The third kappa shape index (κ3) is 6.06. The van der Waals surface area contributed by atoms with Gasteiger partial charge < -0.3 is 15.4 Å². The lowest BCUT2D eigenvalue weighted by Gasteiger charge is -2.20. The molecular weight excluding hydrogens is 332 g/mol. The molecule has 5 heteroatoms. The minimum atomic E-state index is -0.240. The smallest absolute Gasteiger partial charge is 0.258 e. The number of amides is 1. The monoisotopic (exact) mass is 354 g/mol. The van der Waals surface area contributed by atoms with E-state index in [-0.39, 0.29) is 18.1 Å². The Hall–Kier alpha value is -1.07. The Kier molecular flexibility index (Phi) is 5.27. The van der Waals surface area contributed by atoms with Crippen LogP contribution in [-0.2, 0) is 11.3 Å². The molecule has 0 radical (unpaired) electrons. The van der Waals surface area contributed by atoms with Crippen molar-refractivity contribution in [3.63, 3.8) is 0 Å². The van der Waals surface area contributed by atoms with Crippen LogP contribution in [-0.4, -0.2) is 24.1 Å². The zero-order chi connectivity index (χ0) is 15.5. The van der Waals surface area contributed by atoms with Gasteiger partial charge in [-0.3, -0.25) is 4.79 Å². The summed E-state index contributed by atoms with van der Waals surface area (Å²) in [5.41, 5.74) is 0.969. The topological polar surface area (TPSA) is 50.4 Å². The summed E-state index contributed by atoms with van der Waals surface area (Å²) in [4.78, 5) is 11.7. The lowest BCUT2D eigenvalue weighted by Crippen LogP contribution is -2.43. The van der Waals surface area contributed by atoms with Crippen molar-refractivity contribution in [3.05, 3.63) is 28.2 Å². The highest BCUT2D eigenvalue weighted by Gasteiger charge is 2.20. The molecule has 1 aromatic rings. The molecule has 0 aliphatic heterocycles. The van der Waals surface area contributed by atoms with E-state index in [1.54, 1.807) is 0 Å². The Balaban J connectivity index is 1.83. The number of carbonyl (C=O) groups excluding carboxylic acids is 1. The number of hydrogen-bond acceptors (Lipinski definition) is 3. The SMILES string of the molecule is CC(C)(C)NC(=O)COc1ccc(CNC2CC2)cc1Br. The molecule has 0 bridgehead atoms. The van der Waals surface area contributed by atoms with Crippen molar-refractivity contribution < 1.29 is 9.53 Å². The number of benzene rings is 1. The maximum atomic E-state index is 11.7. The molecular formula is C16H23BrN2O2. The fraction of sp³-hybridized carbons (Fsp3) is 0.562. The molecule has 21 heavy (non-hydrogen) atoms. The molecule has 4 nitrogen and oxygen atoms in total. The summed E-state index contributed by atoms with van der Waals surface area (Å²) in [5.74, 6) is 0.572. The Morgan fingerprint density at radius 3 is 2.67 bits per heavy atom. The second-order valence-electron chi connectivity index (χ2n) is 6.51. The Bertz CT molecular complexity index is 507.